The maximum Gasteiger partial charge on any atom is 0.259 e. The quantitative estimate of drug-likeness (QED) is 0.285. The number of allylic oxidation sites excluding steroid dienone is 1. The van der Waals surface area contributed by atoms with E-state index in [1.165, 1.54) is 41.3 Å². The van der Waals surface area contributed by atoms with Gasteiger partial charge in [0, 0.05) is 18.4 Å². The Balaban J connectivity index is 1.21. The van der Waals surface area contributed by atoms with Crippen LogP contribution in [-0.2, 0) is 30.8 Å². The number of benzene rings is 2. The van der Waals surface area contributed by atoms with Crippen LogP contribution in [0.4, 0.5) is 8.78 Å². The largest absolute Gasteiger partial charge is 0.471 e. The van der Waals surface area contributed by atoms with Crippen LogP contribution in [-0.4, -0.2) is 81.9 Å². The van der Waals surface area contributed by atoms with Gasteiger partial charge in [-0.25, -0.2) is 27.2 Å². The summed E-state index contributed by atoms with van der Waals surface area (Å²) < 4.78 is 62.5. The molecule has 4 aliphatic rings. The van der Waals surface area contributed by atoms with Gasteiger partial charge in [0.1, 0.15) is 41.1 Å². The fraction of sp³-hybridized carbons (Fsp3) is 0.487. The zero-order valence-corrected chi connectivity index (χ0v) is 31.5. The second kappa shape index (κ2) is 14.9. The number of rotatable bonds is 8. The Hall–Kier alpha value is -4.99. The SMILES string of the molecule is CCc1nc2ccc(F)cc2nc1O[C@@H]1C[C@H]2C(=O)N[C@]3(C(=O)NS(=O)(=O)C4(C)CC4)CC3/C=C\CCCCC[C@H](NC(=O)c3ccccc3F)C(=O)N2C1. The number of fused-ring (bicyclic) bond motifs is 3. The summed E-state index contributed by atoms with van der Waals surface area (Å²) in [7, 11) is -4.03. The first kappa shape index (κ1) is 38.3. The van der Waals surface area contributed by atoms with Gasteiger partial charge in [0.2, 0.25) is 27.7 Å². The predicted molar refractivity (Wildman–Crippen MR) is 197 cm³/mol. The number of aromatic nitrogens is 2. The molecule has 0 spiro atoms. The Kier molecular flexibility index (Phi) is 10.4. The molecular formula is C39H44F2N6O7S. The molecule has 7 rings (SSSR count). The lowest BCUT2D eigenvalue weighted by molar-refractivity contribution is -0.141. The van der Waals surface area contributed by atoms with Gasteiger partial charge in [-0.1, -0.05) is 44.1 Å². The molecule has 2 aromatic carbocycles. The molecule has 2 aliphatic heterocycles. The van der Waals surface area contributed by atoms with Crippen LogP contribution >= 0.6 is 0 Å². The van der Waals surface area contributed by atoms with Crippen molar-refractivity contribution in [1.29, 1.82) is 0 Å². The number of carbonyl (C=O) groups is 4. The van der Waals surface area contributed by atoms with Crippen molar-refractivity contribution in [3.8, 4) is 5.88 Å². The average molecular weight is 779 g/mol. The molecule has 1 saturated heterocycles. The Morgan fingerprint density at radius 3 is 2.58 bits per heavy atom. The van der Waals surface area contributed by atoms with E-state index in [-0.39, 0.29) is 42.8 Å². The van der Waals surface area contributed by atoms with Crippen molar-refractivity contribution in [3.05, 3.63) is 77.5 Å². The summed E-state index contributed by atoms with van der Waals surface area (Å²) in [4.78, 5) is 66.5. The smallest absolute Gasteiger partial charge is 0.259 e. The molecule has 2 aliphatic carbocycles. The molecule has 55 heavy (non-hydrogen) atoms. The van der Waals surface area contributed by atoms with Crippen molar-refractivity contribution >= 4 is 44.7 Å². The molecule has 3 heterocycles. The minimum atomic E-state index is -4.03. The molecule has 1 aromatic heterocycles. The minimum Gasteiger partial charge on any atom is -0.471 e. The zero-order chi connectivity index (χ0) is 39.1. The van der Waals surface area contributed by atoms with E-state index in [9.17, 15) is 36.4 Å². The van der Waals surface area contributed by atoms with Crippen LogP contribution in [0.1, 0.15) is 87.7 Å². The maximum atomic E-state index is 14.7. The molecular weight excluding hydrogens is 735 g/mol. The third-order valence-corrected chi connectivity index (χ3v) is 13.3. The van der Waals surface area contributed by atoms with E-state index >= 15 is 0 Å². The van der Waals surface area contributed by atoms with Crippen molar-refractivity contribution < 1.29 is 41.1 Å². The van der Waals surface area contributed by atoms with Crippen LogP contribution < -0.4 is 20.1 Å². The summed E-state index contributed by atoms with van der Waals surface area (Å²) >= 11 is 0. The van der Waals surface area contributed by atoms with E-state index in [1.807, 2.05) is 19.1 Å². The van der Waals surface area contributed by atoms with E-state index in [0.717, 1.165) is 12.5 Å². The van der Waals surface area contributed by atoms with Crippen molar-refractivity contribution in [2.75, 3.05) is 6.54 Å². The predicted octanol–water partition coefficient (Wildman–Crippen LogP) is 4.01. The number of hydrogen-bond donors (Lipinski definition) is 3. The van der Waals surface area contributed by atoms with E-state index in [1.54, 1.807) is 6.92 Å². The number of sulfonamides is 1. The highest BCUT2D eigenvalue weighted by Crippen LogP contribution is 2.47. The number of hydrogen-bond acceptors (Lipinski definition) is 9. The third-order valence-electron chi connectivity index (χ3n) is 11.2. The molecule has 13 nitrogen and oxygen atoms in total. The lowest BCUT2D eigenvalue weighted by Crippen LogP contribution is -2.58. The number of aryl methyl sites for hydroxylation is 1. The van der Waals surface area contributed by atoms with Gasteiger partial charge in [0.05, 0.1) is 27.9 Å². The first-order valence-corrected chi connectivity index (χ1v) is 20.3. The molecule has 1 unspecified atom stereocenters. The maximum absolute atomic E-state index is 14.7. The zero-order valence-electron chi connectivity index (χ0n) is 30.6. The van der Waals surface area contributed by atoms with Gasteiger partial charge in [-0.3, -0.25) is 23.9 Å². The van der Waals surface area contributed by atoms with E-state index < -0.39 is 79.7 Å². The lowest BCUT2D eigenvalue weighted by Gasteiger charge is -2.30. The van der Waals surface area contributed by atoms with Gasteiger partial charge in [0.25, 0.3) is 11.8 Å². The van der Waals surface area contributed by atoms with Gasteiger partial charge in [0.15, 0.2) is 0 Å². The highest BCUT2D eigenvalue weighted by Gasteiger charge is 2.63. The number of ether oxygens (including phenoxy) is 1. The van der Waals surface area contributed by atoms with Gasteiger partial charge in [-0.15, -0.1) is 0 Å². The van der Waals surface area contributed by atoms with Crippen LogP contribution in [0.5, 0.6) is 5.88 Å². The fourth-order valence-corrected chi connectivity index (χ4v) is 8.67. The number of carbonyl (C=O) groups excluding carboxylic acids is 4. The van der Waals surface area contributed by atoms with Gasteiger partial charge < -0.3 is 20.3 Å². The van der Waals surface area contributed by atoms with Crippen molar-refractivity contribution in [2.24, 2.45) is 5.92 Å². The molecule has 3 aromatic rings. The highest BCUT2D eigenvalue weighted by atomic mass is 32.2. The first-order chi connectivity index (χ1) is 26.2. The monoisotopic (exact) mass is 778 g/mol. The van der Waals surface area contributed by atoms with E-state index in [0.29, 0.717) is 49.7 Å². The molecule has 0 radical (unpaired) electrons. The van der Waals surface area contributed by atoms with Crippen LogP contribution in [0.15, 0.2) is 54.6 Å². The van der Waals surface area contributed by atoms with Gasteiger partial charge >= 0.3 is 0 Å². The van der Waals surface area contributed by atoms with Crippen LogP contribution in [0.25, 0.3) is 11.0 Å². The average Bonchev–Trinajstić information content (AvgIpc) is 4.03. The molecule has 3 N–H and O–H groups in total. The molecule has 4 amide bonds. The van der Waals surface area contributed by atoms with E-state index in [2.05, 4.69) is 25.3 Å². The van der Waals surface area contributed by atoms with Crippen LogP contribution in [0.3, 0.4) is 0 Å². The molecule has 5 atom stereocenters. The summed E-state index contributed by atoms with van der Waals surface area (Å²) in [5, 5.41) is 5.52. The highest BCUT2D eigenvalue weighted by molar-refractivity contribution is 7.91. The fourth-order valence-electron chi connectivity index (χ4n) is 7.36. The lowest BCUT2D eigenvalue weighted by atomic mass is 10.0. The van der Waals surface area contributed by atoms with Crippen molar-refractivity contribution in [1.82, 2.24) is 30.2 Å². The topological polar surface area (TPSA) is 177 Å². The van der Waals surface area contributed by atoms with Gasteiger partial charge in [-0.05, 0) is 76.1 Å². The Morgan fingerprint density at radius 1 is 1.05 bits per heavy atom. The van der Waals surface area contributed by atoms with Crippen LogP contribution in [0, 0.1) is 17.6 Å². The summed E-state index contributed by atoms with van der Waals surface area (Å²) in [6.45, 7) is 3.27. The molecule has 0 bridgehead atoms. The normalized spacial score (nSPS) is 27.1. The summed E-state index contributed by atoms with van der Waals surface area (Å²) in [5.74, 6) is -4.62. The Bertz CT molecular complexity index is 2180. The number of nitrogens with zero attached hydrogens (tertiary/aromatic N) is 3. The Labute approximate surface area is 317 Å². The molecule has 3 fully saturated rings. The van der Waals surface area contributed by atoms with Crippen molar-refractivity contribution in [3.63, 3.8) is 0 Å². The number of halogens is 2. The van der Waals surface area contributed by atoms with E-state index in [4.69, 9.17) is 4.74 Å². The Morgan fingerprint density at radius 2 is 1.84 bits per heavy atom. The number of nitrogens with one attached hydrogen (secondary N) is 3. The summed E-state index contributed by atoms with van der Waals surface area (Å²) in [6.07, 6.45) is 6.97. The van der Waals surface area contributed by atoms with Gasteiger partial charge in [-0.2, -0.15) is 0 Å². The summed E-state index contributed by atoms with van der Waals surface area (Å²) in [6, 6.07) is 7.05. The molecule has 2 saturated carbocycles. The second-order valence-electron chi connectivity index (χ2n) is 15.2. The van der Waals surface area contributed by atoms with Crippen molar-refractivity contribution in [2.45, 2.75) is 107 Å². The number of amides is 4. The third kappa shape index (κ3) is 7.78. The first-order valence-electron chi connectivity index (χ1n) is 18.8. The van der Waals surface area contributed by atoms with Crippen LogP contribution in [0.2, 0.25) is 0 Å². The second-order valence-corrected chi connectivity index (χ2v) is 17.4. The molecule has 16 heteroatoms. The standard InChI is InChI=1S/C39H44F2N6O7S/c1-3-28-35(44-31-19-24(40)15-16-29(31)42-28)54-25-20-32-34(49)45-39(37(51)46-55(52,53)38(2)17-18-38)21-23(39)11-7-5-4-6-8-14-30(36(50)47(32)22-25)43-33(48)26-12-9-10-13-27(26)41/h7,9-13,15-16,19,23,25,30,32H,3-6,8,14,17-18,20-22H2,1-2H3,(H,43,48)(H,45,49)(H,46,51)/b11-7-/t23?,25-,30+,32+,39-/m1/s1. The minimum absolute atomic E-state index is 0.0633. The summed E-state index contributed by atoms with van der Waals surface area (Å²) in [5.41, 5.74) is -0.637. The molecule has 292 valence electrons.